The molecule has 8 heteroatoms. The number of pyridine rings is 1. The van der Waals surface area contributed by atoms with E-state index < -0.39 is 5.97 Å². The van der Waals surface area contributed by atoms with E-state index in [-0.39, 0.29) is 0 Å². The fourth-order valence-electron chi connectivity index (χ4n) is 4.78. The Morgan fingerprint density at radius 1 is 1.08 bits per heavy atom. The first-order chi connectivity index (χ1) is 17.6. The summed E-state index contributed by atoms with van der Waals surface area (Å²) in [6.07, 6.45) is 6.19. The molecule has 0 atom stereocenters. The number of rotatable bonds is 8. The molecule has 0 aliphatic heterocycles. The summed E-state index contributed by atoms with van der Waals surface area (Å²) in [5, 5.41) is 10.9. The summed E-state index contributed by atoms with van der Waals surface area (Å²) in [4.78, 5) is 17.1. The molecule has 4 aromatic rings. The molecule has 1 aliphatic rings. The number of carbonyl (C=O) groups is 1. The third-order valence-corrected chi connectivity index (χ3v) is 8.13. The number of ether oxygens (including phenoxy) is 2. The first-order valence-electron chi connectivity index (χ1n) is 12.4. The Hall–Kier alpha value is -3.39. The highest BCUT2D eigenvalue weighted by molar-refractivity contribution is 7.99. The highest BCUT2D eigenvalue weighted by atomic mass is 32.2. The fraction of sp³-hybridized carbons (Fsp3) is 0.357. The first-order valence-corrected chi connectivity index (χ1v) is 13.3. The topological polar surface area (TPSA) is 79.1 Å². The van der Waals surface area contributed by atoms with Crippen LogP contribution in [-0.2, 0) is 11.3 Å². The molecule has 0 saturated heterocycles. The van der Waals surface area contributed by atoms with Crippen molar-refractivity contribution in [1.82, 2.24) is 20.0 Å². The number of fused-ring (bicyclic) bond motifs is 1. The monoisotopic (exact) mass is 502 g/mol. The molecule has 7 nitrogen and oxygen atoms in total. The highest BCUT2D eigenvalue weighted by Gasteiger charge is 2.28. The summed E-state index contributed by atoms with van der Waals surface area (Å²) >= 11 is 1.71. The number of nitrogens with zero attached hydrogens (tertiary/aromatic N) is 4. The van der Waals surface area contributed by atoms with Crippen LogP contribution in [0.25, 0.3) is 10.9 Å². The molecule has 1 saturated carbocycles. The minimum absolute atomic E-state index is 0.305. The summed E-state index contributed by atoms with van der Waals surface area (Å²) in [6.45, 7) is 2.64. The number of benzene rings is 2. The molecule has 0 spiro atoms. The summed E-state index contributed by atoms with van der Waals surface area (Å²) in [7, 11) is 1.65. The molecule has 36 heavy (non-hydrogen) atoms. The summed E-state index contributed by atoms with van der Waals surface area (Å²) in [5.41, 5.74) is 3.79. The molecule has 0 unspecified atom stereocenters. The van der Waals surface area contributed by atoms with Gasteiger partial charge in [0, 0.05) is 16.8 Å². The van der Waals surface area contributed by atoms with Crippen LogP contribution in [0.1, 0.15) is 60.1 Å². The van der Waals surface area contributed by atoms with E-state index >= 15 is 0 Å². The van der Waals surface area contributed by atoms with Gasteiger partial charge in [0.1, 0.15) is 10.8 Å². The first kappa shape index (κ1) is 24.3. The summed E-state index contributed by atoms with van der Waals surface area (Å²) < 4.78 is 12.4. The van der Waals surface area contributed by atoms with Gasteiger partial charge in [-0.25, -0.2) is 9.48 Å². The highest BCUT2D eigenvalue weighted by Crippen LogP contribution is 2.41. The Kier molecular flexibility index (Phi) is 7.51. The molecular weight excluding hydrogens is 472 g/mol. The van der Waals surface area contributed by atoms with Crippen molar-refractivity contribution in [2.75, 3.05) is 13.7 Å². The number of hydrogen-bond donors (Lipinski definition) is 0. The maximum atomic E-state index is 12.6. The van der Waals surface area contributed by atoms with E-state index in [1.165, 1.54) is 10.9 Å². The molecule has 2 heterocycles. The lowest BCUT2D eigenvalue weighted by molar-refractivity contribution is 0.0515. The Balaban J connectivity index is 1.30. The van der Waals surface area contributed by atoms with Crippen LogP contribution in [0, 0.1) is 0 Å². The van der Waals surface area contributed by atoms with Crippen molar-refractivity contribution >= 4 is 28.6 Å². The maximum absolute atomic E-state index is 12.6. The third-order valence-electron chi connectivity index (χ3n) is 6.70. The number of methoxy groups -OCH3 is 1. The van der Waals surface area contributed by atoms with Crippen molar-refractivity contribution < 1.29 is 14.3 Å². The van der Waals surface area contributed by atoms with Crippen LogP contribution in [0.5, 0.6) is 5.75 Å². The van der Waals surface area contributed by atoms with Crippen LogP contribution in [0.15, 0.2) is 65.8 Å². The molecule has 5 rings (SSSR count). The predicted molar refractivity (Wildman–Crippen MR) is 141 cm³/mol. The van der Waals surface area contributed by atoms with E-state index in [0.717, 1.165) is 47.5 Å². The molecule has 186 valence electrons. The Morgan fingerprint density at radius 2 is 1.89 bits per heavy atom. The van der Waals surface area contributed by atoms with Gasteiger partial charge < -0.3 is 9.47 Å². The summed E-state index contributed by atoms with van der Waals surface area (Å²) in [5.74, 6) is 0.927. The lowest BCUT2D eigenvalue weighted by atomic mass is 9.83. The van der Waals surface area contributed by atoms with Gasteiger partial charge in [-0.05, 0) is 80.0 Å². The average Bonchev–Trinajstić information content (AvgIpc) is 3.31. The number of esters is 1. The van der Waals surface area contributed by atoms with Gasteiger partial charge in [-0.15, -0.1) is 16.9 Å². The number of hydrogen-bond acceptors (Lipinski definition) is 7. The van der Waals surface area contributed by atoms with E-state index in [4.69, 9.17) is 9.47 Å². The van der Waals surface area contributed by atoms with Crippen molar-refractivity contribution in [3.63, 3.8) is 0 Å². The van der Waals surface area contributed by atoms with Crippen LogP contribution >= 0.6 is 11.8 Å². The fourth-order valence-corrected chi connectivity index (χ4v) is 6.06. The molecule has 0 bridgehead atoms. The zero-order valence-corrected chi connectivity index (χ0v) is 21.4. The van der Waals surface area contributed by atoms with Gasteiger partial charge in [0.15, 0.2) is 0 Å². The molecular formula is C28H30N4O3S. The van der Waals surface area contributed by atoms with Crippen molar-refractivity contribution in [2.24, 2.45) is 0 Å². The van der Waals surface area contributed by atoms with Gasteiger partial charge >= 0.3 is 5.97 Å². The molecule has 1 aliphatic carbocycles. The normalized spacial score (nSPS) is 17.7. The van der Waals surface area contributed by atoms with Crippen LogP contribution < -0.4 is 4.74 Å². The molecule has 0 radical (unpaired) electrons. The second kappa shape index (κ2) is 11.1. The van der Waals surface area contributed by atoms with Gasteiger partial charge in [-0.3, -0.25) is 4.98 Å². The van der Waals surface area contributed by atoms with Gasteiger partial charge in [-0.2, -0.15) is 0 Å². The molecule has 2 aromatic heterocycles. The van der Waals surface area contributed by atoms with E-state index in [1.54, 1.807) is 25.8 Å². The summed E-state index contributed by atoms with van der Waals surface area (Å²) in [6, 6.07) is 18.6. The molecule has 0 amide bonds. The number of thioether (sulfide) groups is 1. The minimum atomic E-state index is -0.417. The standard InChI is InChI=1S/C28H30N4O3S/c1-3-35-28(33)26-27(32(31-30-26)18-19-6-11-23(34-2)12-7-19)36-24-13-8-20(9-14-24)21-10-15-25-22(17-21)5-4-16-29-25/h4-7,10-12,15-17,20,24H,3,8-9,13-14,18H2,1-2H3. The second-order valence-corrected chi connectivity index (χ2v) is 10.3. The van der Waals surface area contributed by atoms with Crippen molar-refractivity contribution in [2.45, 2.75) is 55.3 Å². The van der Waals surface area contributed by atoms with Gasteiger partial charge in [0.2, 0.25) is 5.69 Å². The van der Waals surface area contributed by atoms with E-state index in [1.807, 2.05) is 41.2 Å². The second-order valence-electron chi connectivity index (χ2n) is 9.02. The molecule has 1 fully saturated rings. The minimum Gasteiger partial charge on any atom is -0.497 e. The molecule has 0 N–H and O–H groups in total. The van der Waals surface area contributed by atoms with Crippen LogP contribution in [0.2, 0.25) is 0 Å². The third kappa shape index (κ3) is 5.38. The van der Waals surface area contributed by atoms with Gasteiger partial charge in [0.05, 0.1) is 25.8 Å². The Labute approximate surface area is 215 Å². The van der Waals surface area contributed by atoms with E-state index in [0.29, 0.717) is 30.0 Å². The Bertz CT molecular complexity index is 1330. The van der Waals surface area contributed by atoms with Crippen molar-refractivity contribution in [3.8, 4) is 5.75 Å². The van der Waals surface area contributed by atoms with Crippen molar-refractivity contribution in [1.29, 1.82) is 0 Å². The quantitative estimate of drug-likeness (QED) is 0.278. The van der Waals surface area contributed by atoms with E-state index in [9.17, 15) is 4.79 Å². The van der Waals surface area contributed by atoms with E-state index in [2.05, 4.69) is 39.6 Å². The number of carbonyl (C=O) groups excluding carboxylic acids is 1. The van der Waals surface area contributed by atoms with Crippen LogP contribution in [-0.4, -0.2) is 44.9 Å². The lowest BCUT2D eigenvalue weighted by Gasteiger charge is -2.28. The van der Waals surface area contributed by atoms with Gasteiger partial charge in [0.25, 0.3) is 0 Å². The zero-order valence-electron chi connectivity index (χ0n) is 20.6. The van der Waals surface area contributed by atoms with Crippen molar-refractivity contribution in [3.05, 3.63) is 77.6 Å². The van der Waals surface area contributed by atoms with Gasteiger partial charge in [-0.1, -0.05) is 29.5 Å². The lowest BCUT2D eigenvalue weighted by Crippen LogP contribution is -2.17. The number of aromatic nitrogens is 4. The van der Waals surface area contributed by atoms with Crippen LogP contribution in [0.3, 0.4) is 0 Å². The van der Waals surface area contributed by atoms with Crippen LogP contribution in [0.4, 0.5) is 0 Å². The SMILES string of the molecule is CCOC(=O)c1nnn(Cc2ccc(OC)cc2)c1SC1CCC(c2ccc3ncccc3c2)CC1. The molecule has 2 aromatic carbocycles. The maximum Gasteiger partial charge on any atom is 0.361 e. The Morgan fingerprint density at radius 3 is 2.64 bits per heavy atom. The average molecular weight is 503 g/mol. The predicted octanol–water partition coefficient (Wildman–Crippen LogP) is 5.88. The smallest absolute Gasteiger partial charge is 0.361 e. The zero-order chi connectivity index (χ0) is 24.9. The largest absolute Gasteiger partial charge is 0.497 e.